The molecule has 1 amide bonds. The Hall–Kier alpha value is -1.96. The zero-order valence-electron chi connectivity index (χ0n) is 16.0. The van der Waals surface area contributed by atoms with Gasteiger partial charge in [-0.25, -0.2) is 4.68 Å². The summed E-state index contributed by atoms with van der Waals surface area (Å²) in [6.45, 7) is 6.83. The van der Waals surface area contributed by atoms with Gasteiger partial charge in [-0.15, -0.1) is 28.8 Å². The van der Waals surface area contributed by atoms with Crippen molar-refractivity contribution in [1.82, 2.24) is 25.2 Å². The third kappa shape index (κ3) is 3.11. The Bertz CT molecular complexity index is 991. The van der Waals surface area contributed by atoms with E-state index >= 15 is 0 Å². The van der Waals surface area contributed by atoms with E-state index in [1.165, 1.54) is 24.2 Å². The first-order valence-electron chi connectivity index (χ1n) is 9.48. The van der Waals surface area contributed by atoms with Crippen molar-refractivity contribution in [2.45, 2.75) is 38.3 Å². The second-order valence-corrected chi connectivity index (χ2v) is 9.19. The quantitative estimate of drug-likeness (QED) is 0.708. The molecule has 3 saturated heterocycles. The summed E-state index contributed by atoms with van der Waals surface area (Å²) in [6, 6.07) is 8.31. The standard InChI is InChI=1S/C20H23N5OS.ClH/c1-20(2)18(13-5-8-24(20)9-6-13)22-19(26)17-11-14-3-4-15(12-16(14)27-17)25-10-7-21-23-25;/h3-4,7,10-13,18H,5-6,8-9H2,1-2H3,(H,22,26);1H. The first kappa shape index (κ1) is 19.4. The highest BCUT2D eigenvalue weighted by atomic mass is 35.5. The van der Waals surface area contributed by atoms with Gasteiger partial charge in [0.1, 0.15) is 0 Å². The molecule has 2 bridgehead atoms. The molecule has 3 fully saturated rings. The van der Waals surface area contributed by atoms with Crippen molar-refractivity contribution < 1.29 is 4.79 Å². The van der Waals surface area contributed by atoms with Crippen LogP contribution in [0.4, 0.5) is 0 Å². The molecule has 2 aromatic heterocycles. The Labute approximate surface area is 174 Å². The monoisotopic (exact) mass is 417 g/mol. The van der Waals surface area contributed by atoms with Gasteiger partial charge in [0.05, 0.1) is 23.0 Å². The van der Waals surface area contributed by atoms with Crippen LogP contribution in [0.5, 0.6) is 0 Å². The van der Waals surface area contributed by atoms with Gasteiger partial charge < -0.3 is 5.32 Å². The molecule has 3 aliphatic heterocycles. The topological polar surface area (TPSA) is 63.1 Å². The van der Waals surface area contributed by atoms with E-state index < -0.39 is 0 Å². The van der Waals surface area contributed by atoms with Crippen molar-refractivity contribution in [1.29, 1.82) is 0 Å². The number of aromatic nitrogens is 3. The Kier molecular flexibility index (Phi) is 4.93. The van der Waals surface area contributed by atoms with Crippen LogP contribution in [0.25, 0.3) is 15.8 Å². The average Bonchev–Trinajstić information content (AvgIpc) is 3.33. The molecule has 0 radical (unpaired) electrons. The summed E-state index contributed by atoms with van der Waals surface area (Å²) in [6.07, 6.45) is 5.84. The number of carbonyl (C=O) groups excluding carboxylic acids is 1. The number of amides is 1. The molecule has 3 aliphatic rings. The minimum atomic E-state index is 0. The van der Waals surface area contributed by atoms with Gasteiger partial charge in [0.25, 0.3) is 5.91 Å². The lowest BCUT2D eigenvalue weighted by Gasteiger charge is -2.56. The molecule has 8 heteroatoms. The molecule has 1 atom stereocenters. The molecule has 1 unspecified atom stereocenters. The Morgan fingerprint density at radius 1 is 1.25 bits per heavy atom. The summed E-state index contributed by atoms with van der Waals surface area (Å²) in [5, 5.41) is 12.3. The molecular weight excluding hydrogens is 394 g/mol. The number of rotatable bonds is 3. The minimum Gasteiger partial charge on any atom is -0.346 e. The van der Waals surface area contributed by atoms with Crippen LogP contribution in [0, 0.1) is 5.92 Å². The van der Waals surface area contributed by atoms with Crippen LogP contribution >= 0.6 is 23.7 Å². The van der Waals surface area contributed by atoms with E-state index in [4.69, 9.17) is 0 Å². The number of hydrogen-bond acceptors (Lipinski definition) is 5. The highest BCUT2D eigenvalue weighted by Crippen LogP contribution is 2.39. The van der Waals surface area contributed by atoms with Gasteiger partial charge in [-0.2, -0.15) is 0 Å². The Morgan fingerprint density at radius 3 is 2.71 bits per heavy atom. The summed E-state index contributed by atoms with van der Waals surface area (Å²) in [4.78, 5) is 16.3. The largest absolute Gasteiger partial charge is 0.346 e. The van der Waals surface area contributed by atoms with Gasteiger partial charge in [0.15, 0.2) is 0 Å². The third-order valence-electron chi connectivity index (χ3n) is 6.29. The molecule has 28 heavy (non-hydrogen) atoms. The van der Waals surface area contributed by atoms with Gasteiger partial charge in [-0.05, 0) is 69.3 Å². The van der Waals surface area contributed by atoms with E-state index in [1.54, 1.807) is 10.9 Å². The Balaban J connectivity index is 0.00000192. The van der Waals surface area contributed by atoms with E-state index in [9.17, 15) is 4.79 Å². The first-order chi connectivity index (χ1) is 13.0. The lowest BCUT2D eigenvalue weighted by molar-refractivity contribution is -0.0377. The van der Waals surface area contributed by atoms with Crippen LogP contribution in [-0.2, 0) is 0 Å². The maximum atomic E-state index is 13.0. The van der Waals surface area contributed by atoms with Crippen molar-refractivity contribution in [3.63, 3.8) is 0 Å². The van der Waals surface area contributed by atoms with Gasteiger partial charge in [0.2, 0.25) is 0 Å². The molecule has 1 aromatic carbocycles. The maximum absolute atomic E-state index is 13.0. The van der Waals surface area contributed by atoms with Crippen LogP contribution in [0.1, 0.15) is 36.4 Å². The number of benzene rings is 1. The molecule has 0 aliphatic carbocycles. The van der Waals surface area contributed by atoms with E-state index in [-0.39, 0.29) is 29.9 Å². The number of fused-ring (bicyclic) bond motifs is 4. The molecule has 6 rings (SSSR count). The van der Waals surface area contributed by atoms with E-state index in [2.05, 4.69) is 40.4 Å². The minimum absolute atomic E-state index is 0. The van der Waals surface area contributed by atoms with Gasteiger partial charge >= 0.3 is 0 Å². The molecule has 1 N–H and O–H groups in total. The SMILES string of the molecule is CC1(C)C(NC(=O)c2cc3ccc(-n4ccnn4)cc3s2)C2CCN1CC2.Cl. The first-order valence-corrected chi connectivity index (χ1v) is 10.3. The van der Waals surface area contributed by atoms with Crippen LogP contribution < -0.4 is 5.32 Å². The van der Waals surface area contributed by atoms with Crippen molar-refractivity contribution in [3.05, 3.63) is 41.5 Å². The summed E-state index contributed by atoms with van der Waals surface area (Å²) in [5.41, 5.74) is 0.973. The predicted octanol–water partition coefficient (Wildman–Crippen LogP) is 3.51. The normalized spacial score (nSPS) is 25.4. The van der Waals surface area contributed by atoms with Crippen LogP contribution in [-0.4, -0.2) is 50.5 Å². The number of nitrogens with zero attached hydrogens (tertiary/aromatic N) is 4. The summed E-state index contributed by atoms with van der Waals surface area (Å²) >= 11 is 1.54. The predicted molar refractivity (Wildman–Crippen MR) is 114 cm³/mol. The fourth-order valence-electron chi connectivity index (χ4n) is 4.71. The summed E-state index contributed by atoms with van der Waals surface area (Å²) in [5.74, 6) is 0.632. The number of hydrogen-bond donors (Lipinski definition) is 1. The second-order valence-electron chi connectivity index (χ2n) is 8.11. The molecule has 5 heterocycles. The highest BCUT2D eigenvalue weighted by Gasteiger charge is 2.48. The van der Waals surface area contributed by atoms with Gasteiger partial charge in [-0.3, -0.25) is 9.69 Å². The second kappa shape index (κ2) is 7.13. The number of piperidine rings is 3. The smallest absolute Gasteiger partial charge is 0.261 e. The zero-order chi connectivity index (χ0) is 18.6. The van der Waals surface area contributed by atoms with E-state index in [0.717, 1.165) is 33.7 Å². The van der Waals surface area contributed by atoms with Crippen molar-refractivity contribution in [3.8, 4) is 5.69 Å². The van der Waals surface area contributed by atoms with Crippen molar-refractivity contribution in [2.75, 3.05) is 13.1 Å². The lowest BCUT2D eigenvalue weighted by Crippen LogP contribution is -2.69. The third-order valence-corrected chi connectivity index (χ3v) is 7.38. The van der Waals surface area contributed by atoms with Crippen molar-refractivity contribution >= 4 is 39.7 Å². The number of nitrogens with one attached hydrogen (secondary N) is 1. The van der Waals surface area contributed by atoms with Gasteiger partial charge in [-0.1, -0.05) is 11.3 Å². The average molecular weight is 418 g/mol. The number of carbonyl (C=O) groups is 1. The number of thiophene rings is 1. The van der Waals surface area contributed by atoms with Crippen LogP contribution in [0.15, 0.2) is 36.7 Å². The maximum Gasteiger partial charge on any atom is 0.261 e. The molecule has 148 valence electrons. The molecule has 0 saturated carbocycles. The fourth-order valence-corrected chi connectivity index (χ4v) is 5.71. The van der Waals surface area contributed by atoms with Crippen LogP contribution in [0.2, 0.25) is 0 Å². The van der Waals surface area contributed by atoms with Crippen LogP contribution in [0.3, 0.4) is 0 Å². The lowest BCUT2D eigenvalue weighted by atomic mass is 9.72. The molecule has 3 aromatic rings. The highest BCUT2D eigenvalue weighted by molar-refractivity contribution is 7.20. The van der Waals surface area contributed by atoms with E-state index in [0.29, 0.717) is 5.92 Å². The number of halogens is 1. The fraction of sp³-hybridized carbons (Fsp3) is 0.450. The summed E-state index contributed by atoms with van der Waals surface area (Å²) in [7, 11) is 0. The molecule has 6 nitrogen and oxygen atoms in total. The van der Waals surface area contributed by atoms with Crippen molar-refractivity contribution in [2.24, 2.45) is 5.92 Å². The molecular formula is C20H24ClN5OS. The molecule has 0 spiro atoms. The Morgan fingerprint density at radius 2 is 2.04 bits per heavy atom. The van der Waals surface area contributed by atoms with Gasteiger partial charge in [0, 0.05) is 16.3 Å². The van der Waals surface area contributed by atoms with E-state index in [1.807, 2.05) is 24.4 Å². The zero-order valence-corrected chi connectivity index (χ0v) is 17.6. The summed E-state index contributed by atoms with van der Waals surface area (Å²) < 4.78 is 2.82.